The molecule has 20 heavy (non-hydrogen) atoms. The SMILES string of the molecule is Cc1cc(Br)cc(C)c1N1CC(C)(C)NCC1C(C)C. The van der Waals surface area contributed by atoms with Gasteiger partial charge in [-0.2, -0.15) is 0 Å². The minimum absolute atomic E-state index is 0.164. The second kappa shape index (κ2) is 5.69. The molecule has 0 saturated carbocycles. The number of aryl methyl sites for hydroxylation is 2. The van der Waals surface area contributed by atoms with Crippen molar-refractivity contribution in [2.45, 2.75) is 53.1 Å². The molecule has 0 radical (unpaired) electrons. The van der Waals surface area contributed by atoms with Crippen LogP contribution in [0.1, 0.15) is 38.8 Å². The Morgan fingerprint density at radius 2 is 1.80 bits per heavy atom. The van der Waals surface area contributed by atoms with Crippen molar-refractivity contribution >= 4 is 21.6 Å². The predicted octanol–water partition coefficient (Wildman–Crippen LogP) is 4.28. The maximum atomic E-state index is 3.69. The van der Waals surface area contributed by atoms with Crippen LogP contribution in [-0.4, -0.2) is 24.7 Å². The summed E-state index contributed by atoms with van der Waals surface area (Å²) in [5.41, 5.74) is 4.30. The zero-order valence-corrected chi connectivity index (χ0v) is 15.1. The van der Waals surface area contributed by atoms with E-state index in [0.29, 0.717) is 12.0 Å². The van der Waals surface area contributed by atoms with Gasteiger partial charge in [0, 0.05) is 34.8 Å². The van der Waals surface area contributed by atoms with Crippen molar-refractivity contribution < 1.29 is 0 Å². The molecule has 1 saturated heterocycles. The van der Waals surface area contributed by atoms with Gasteiger partial charge < -0.3 is 10.2 Å². The Morgan fingerprint density at radius 3 is 2.30 bits per heavy atom. The molecule has 1 atom stereocenters. The fourth-order valence-corrected chi connectivity index (χ4v) is 3.97. The first kappa shape index (κ1) is 15.8. The van der Waals surface area contributed by atoms with E-state index in [4.69, 9.17) is 0 Å². The molecule has 0 aliphatic carbocycles. The Balaban J connectivity index is 2.46. The lowest BCUT2D eigenvalue weighted by atomic mass is 9.91. The lowest BCUT2D eigenvalue weighted by Gasteiger charge is -2.48. The van der Waals surface area contributed by atoms with E-state index in [2.05, 4.69) is 79.8 Å². The number of nitrogens with zero attached hydrogens (tertiary/aromatic N) is 1. The molecule has 112 valence electrons. The van der Waals surface area contributed by atoms with E-state index >= 15 is 0 Å². The Bertz CT molecular complexity index is 471. The van der Waals surface area contributed by atoms with Gasteiger partial charge in [0.25, 0.3) is 0 Å². The third kappa shape index (κ3) is 3.20. The molecule has 1 aliphatic rings. The quantitative estimate of drug-likeness (QED) is 0.865. The van der Waals surface area contributed by atoms with Crippen molar-refractivity contribution in [3.05, 3.63) is 27.7 Å². The largest absolute Gasteiger partial charge is 0.365 e. The van der Waals surface area contributed by atoms with Crippen molar-refractivity contribution in [3.8, 4) is 0 Å². The minimum atomic E-state index is 0.164. The van der Waals surface area contributed by atoms with Crippen molar-refractivity contribution in [2.24, 2.45) is 5.92 Å². The van der Waals surface area contributed by atoms with Gasteiger partial charge in [-0.25, -0.2) is 0 Å². The number of rotatable bonds is 2. The monoisotopic (exact) mass is 338 g/mol. The molecule has 2 nitrogen and oxygen atoms in total. The number of halogens is 1. The summed E-state index contributed by atoms with van der Waals surface area (Å²) in [4.78, 5) is 2.62. The Hall–Kier alpha value is -0.540. The molecule has 1 aromatic carbocycles. The molecule has 1 unspecified atom stereocenters. The fraction of sp³-hybridized carbons (Fsp3) is 0.647. The highest BCUT2D eigenvalue weighted by atomic mass is 79.9. The third-order valence-electron chi connectivity index (χ3n) is 4.27. The first-order chi connectivity index (χ1) is 9.21. The third-order valence-corrected chi connectivity index (χ3v) is 4.73. The van der Waals surface area contributed by atoms with Gasteiger partial charge in [0.15, 0.2) is 0 Å². The maximum Gasteiger partial charge on any atom is 0.0438 e. The van der Waals surface area contributed by atoms with Gasteiger partial charge in [-0.05, 0) is 56.9 Å². The van der Waals surface area contributed by atoms with Crippen molar-refractivity contribution in [1.82, 2.24) is 5.32 Å². The Morgan fingerprint density at radius 1 is 1.25 bits per heavy atom. The first-order valence-corrected chi connectivity index (χ1v) is 8.29. The molecule has 1 N–H and O–H groups in total. The van der Waals surface area contributed by atoms with Gasteiger partial charge in [0.05, 0.1) is 0 Å². The smallest absolute Gasteiger partial charge is 0.0438 e. The van der Waals surface area contributed by atoms with Crippen molar-refractivity contribution in [3.63, 3.8) is 0 Å². The molecule has 2 rings (SSSR count). The van der Waals surface area contributed by atoms with E-state index in [9.17, 15) is 0 Å². The van der Waals surface area contributed by atoms with E-state index < -0.39 is 0 Å². The van der Waals surface area contributed by atoms with Crippen molar-refractivity contribution in [1.29, 1.82) is 0 Å². The molecule has 1 aliphatic heterocycles. The molecule has 1 fully saturated rings. The summed E-state index contributed by atoms with van der Waals surface area (Å²) in [5.74, 6) is 0.640. The molecule has 0 spiro atoms. The van der Waals surface area contributed by atoms with E-state index in [1.165, 1.54) is 21.3 Å². The molecular weight excluding hydrogens is 312 g/mol. The highest BCUT2D eigenvalue weighted by molar-refractivity contribution is 9.10. The summed E-state index contributed by atoms with van der Waals surface area (Å²) >= 11 is 3.61. The number of hydrogen-bond donors (Lipinski definition) is 1. The van der Waals surface area contributed by atoms with Gasteiger partial charge in [0.2, 0.25) is 0 Å². The van der Waals surface area contributed by atoms with Gasteiger partial charge >= 0.3 is 0 Å². The van der Waals surface area contributed by atoms with Crippen LogP contribution in [0, 0.1) is 19.8 Å². The molecule has 0 amide bonds. The molecule has 0 bridgehead atoms. The average molecular weight is 339 g/mol. The lowest BCUT2D eigenvalue weighted by Crippen LogP contribution is -2.63. The van der Waals surface area contributed by atoms with Crippen LogP contribution in [0.4, 0.5) is 5.69 Å². The fourth-order valence-electron chi connectivity index (χ4n) is 3.29. The second-order valence-electron chi connectivity index (χ2n) is 7.09. The minimum Gasteiger partial charge on any atom is -0.365 e. The van der Waals surface area contributed by atoms with Crippen LogP contribution in [-0.2, 0) is 0 Å². The van der Waals surface area contributed by atoms with Gasteiger partial charge in [0.1, 0.15) is 0 Å². The number of benzene rings is 1. The molecule has 1 heterocycles. The van der Waals surface area contributed by atoms with Crippen LogP contribution >= 0.6 is 15.9 Å². The number of hydrogen-bond acceptors (Lipinski definition) is 2. The maximum absolute atomic E-state index is 3.69. The average Bonchev–Trinajstić information content (AvgIpc) is 2.25. The number of piperazine rings is 1. The van der Waals surface area contributed by atoms with Crippen LogP contribution in [0.5, 0.6) is 0 Å². The Labute approximate surface area is 132 Å². The summed E-state index contributed by atoms with van der Waals surface area (Å²) in [6.45, 7) is 15.8. The van der Waals surface area contributed by atoms with E-state index in [1.807, 2.05) is 0 Å². The highest BCUT2D eigenvalue weighted by Crippen LogP contribution is 2.34. The second-order valence-corrected chi connectivity index (χ2v) is 8.01. The molecular formula is C17H27BrN2. The summed E-state index contributed by atoms with van der Waals surface area (Å²) < 4.78 is 1.17. The normalized spacial score (nSPS) is 22.4. The standard InChI is InChI=1S/C17H27BrN2/c1-11(2)15-9-19-17(5,6)10-20(15)16-12(3)7-14(18)8-13(16)4/h7-8,11,15,19H,9-10H2,1-6H3. The molecule has 3 heteroatoms. The van der Waals surface area contributed by atoms with Crippen LogP contribution in [0.2, 0.25) is 0 Å². The lowest BCUT2D eigenvalue weighted by molar-refractivity contribution is 0.276. The number of nitrogens with one attached hydrogen (secondary N) is 1. The summed E-state index contributed by atoms with van der Waals surface area (Å²) in [5, 5.41) is 3.69. The van der Waals surface area contributed by atoms with Crippen LogP contribution < -0.4 is 10.2 Å². The van der Waals surface area contributed by atoms with E-state index in [0.717, 1.165) is 13.1 Å². The topological polar surface area (TPSA) is 15.3 Å². The van der Waals surface area contributed by atoms with E-state index in [1.54, 1.807) is 0 Å². The van der Waals surface area contributed by atoms with Gasteiger partial charge in [-0.1, -0.05) is 29.8 Å². The van der Waals surface area contributed by atoms with Gasteiger partial charge in [-0.3, -0.25) is 0 Å². The summed E-state index contributed by atoms with van der Waals surface area (Å²) in [6.07, 6.45) is 0. The summed E-state index contributed by atoms with van der Waals surface area (Å²) in [7, 11) is 0. The van der Waals surface area contributed by atoms with Crippen molar-refractivity contribution in [2.75, 3.05) is 18.0 Å². The van der Waals surface area contributed by atoms with Crippen LogP contribution in [0.3, 0.4) is 0 Å². The zero-order chi connectivity index (χ0) is 15.1. The zero-order valence-electron chi connectivity index (χ0n) is 13.5. The summed E-state index contributed by atoms with van der Waals surface area (Å²) in [6, 6.07) is 5.02. The predicted molar refractivity (Wildman–Crippen MR) is 91.7 cm³/mol. The molecule has 0 aromatic heterocycles. The first-order valence-electron chi connectivity index (χ1n) is 7.50. The van der Waals surface area contributed by atoms with E-state index in [-0.39, 0.29) is 5.54 Å². The Kier molecular flexibility index (Phi) is 4.50. The molecule has 1 aromatic rings. The number of anilines is 1. The highest BCUT2D eigenvalue weighted by Gasteiger charge is 2.35. The van der Waals surface area contributed by atoms with Gasteiger partial charge in [-0.15, -0.1) is 0 Å². The van der Waals surface area contributed by atoms with Crippen LogP contribution in [0.15, 0.2) is 16.6 Å². The van der Waals surface area contributed by atoms with Crippen LogP contribution in [0.25, 0.3) is 0 Å².